The van der Waals surface area contributed by atoms with E-state index in [4.69, 9.17) is 11.6 Å². The van der Waals surface area contributed by atoms with Crippen LogP contribution in [0, 0.1) is 5.92 Å². The Kier molecular flexibility index (Phi) is 6.66. The van der Waals surface area contributed by atoms with Crippen molar-refractivity contribution in [1.29, 1.82) is 0 Å². The van der Waals surface area contributed by atoms with E-state index in [0.29, 0.717) is 53.8 Å². The van der Waals surface area contributed by atoms with Gasteiger partial charge in [0, 0.05) is 33.5 Å². The number of likely N-dealkylation sites (N-methyl/N-ethyl adjacent to an activating group) is 1. The molecule has 2 aliphatic rings. The lowest BCUT2D eigenvalue weighted by atomic mass is 10.1. The first-order chi connectivity index (χ1) is 16.1. The lowest BCUT2D eigenvalue weighted by Gasteiger charge is -2.35. The summed E-state index contributed by atoms with van der Waals surface area (Å²) in [6, 6.07) is 3.52. The zero-order valence-corrected chi connectivity index (χ0v) is 20.1. The third kappa shape index (κ3) is 5.08. The summed E-state index contributed by atoms with van der Waals surface area (Å²) in [5.74, 6) is 4.73. The Morgan fingerprint density at radius 1 is 1.32 bits per heavy atom. The van der Waals surface area contributed by atoms with Gasteiger partial charge < -0.3 is 15.6 Å². The van der Waals surface area contributed by atoms with Gasteiger partial charge in [0.25, 0.3) is 5.92 Å². The minimum absolute atomic E-state index is 0.0897. The number of hydrogen-bond acceptors (Lipinski definition) is 7. The van der Waals surface area contributed by atoms with E-state index in [0.717, 1.165) is 12.2 Å². The highest BCUT2D eigenvalue weighted by atomic mass is 19.3. The van der Waals surface area contributed by atoms with Crippen LogP contribution >= 0.6 is 0 Å². The topological polar surface area (TPSA) is 111 Å². The Hall–Kier alpha value is -2.95. The van der Waals surface area contributed by atoms with Crippen molar-refractivity contribution in [2.45, 2.75) is 57.9 Å². The second-order valence-electron chi connectivity index (χ2n) is 9.43. The standard InChI is InChI=1S/C23H34F2N8O/c1-4-16-18(32-11-5-10-23(24,25)14-32)9-8-17(28-16)21(26)19(31(3)27)13-33-22(34)30(2)20(29-33)12-15-6-7-15/h8-9,15H,4-7,10-14,26-27H2,1-3H3/b21-19-. The predicted octanol–water partition coefficient (Wildman–Crippen LogP) is 1.86. The van der Waals surface area contributed by atoms with Crippen molar-refractivity contribution in [2.24, 2.45) is 24.5 Å². The number of anilines is 1. The van der Waals surface area contributed by atoms with Crippen LogP contribution in [0.2, 0.25) is 0 Å². The zero-order chi connectivity index (χ0) is 24.6. The summed E-state index contributed by atoms with van der Waals surface area (Å²) in [5.41, 5.74) is 8.94. The fourth-order valence-electron chi connectivity index (χ4n) is 4.43. The molecule has 0 amide bonds. The molecule has 11 heteroatoms. The third-order valence-electron chi connectivity index (χ3n) is 6.63. The van der Waals surface area contributed by atoms with Crippen LogP contribution in [0.4, 0.5) is 14.5 Å². The molecule has 1 aliphatic carbocycles. The Morgan fingerprint density at radius 2 is 2.06 bits per heavy atom. The molecule has 0 spiro atoms. The van der Waals surface area contributed by atoms with Gasteiger partial charge in [-0.2, -0.15) is 5.10 Å². The molecule has 2 aromatic rings. The van der Waals surface area contributed by atoms with Crippen LogP contribution in [0.3, 0.4) is 0 Å². The molecule has 4 rings (SSSR count). The molecule has 186 valence electrons. The first-order valence-corrected chi connectivity index (χ1v) is 11.8. The first-order valence-electron chi connectivity index (χ1n) is 11.8. The number of allylic oxidation sites excluding steroid dienone is 1. The van der Waals surface area contributed by atoms with Gasteiger partial charge in [0.05, 0.1) is 41.6 Å². The number of piperidine rings is 1. The third-order valence-corrected chi connectivity index (χ3v) is 6.63. The number of aryl methyl sites for hydroxylation is 1. The SMILES string of the molecule is CCc1nc(/C(N)=C(\Cn2nc(CC3CC3)n(C)c2=O)N(C)N)ccc1N1CCCC(F)(F)C1. The minimum Gasteiger partial charge on any atom is -0.395 e. The normalized spacial score (nSPS) is 18.7. The fraction of sp³-hybridized carbons (Fsp3) is 0.609. The highest BCUT2D eigenvalue weighted by Crippen LogP contribution is 2.33. The highest BCUT2D eigenvalue weighted by molar-refractivity contribution is 5.65. The van der Waals surface area contributed by atoms with E-state index < -0.39 is 5.92 Å². The molecule has 9 nitrogen and oxygen atoms in total. The summed E-state index contributed by atoms with van der Waals surface area (Å²) in [6.07, 6.45) is 4.03. The lowest BCUT2D eigenvalue weighted by Crippen LogP contribution is -2.43. The molecule has 1 aliphatic heterocycles. The largest absolute Gasteiger partial charge is 0.395 e. The van der Waals surface area contributed by atoms with Crippen LogP contribution in [-0.2, 0) is 26.4 Å². The van der Waals surface area contributed by atoms with Gasteiger partial charge in [0.2, 0.25) is 0 Å². The number of hydrazine groups is 1. The van der Waals surface area contributed by atoms with E-state index in [9.17, 15) is 13.6 Å². The molecule has 4 N–H and O–H groups in total. The molecule has 0 bridgehead atoms. The van der Waals surface area contributed by atoms with Crippen LogP contribution in [0.1, 0.15) is 49.8 Å². The molecule has 34 heavy (non-hydrogen) atoms. The molecule has 1 saturated heterocycles. The van der Waals surface area contributed by atoms with E-state index in [-0.39, 0.29) is 25.2 Å². The van der Waals surface area contributed by atoms with Gasteiger partial charge in [0.15, 0.2) is 0 Å². The molecule has 1 saturated carbocycles. The van der Waals surface area contributed by atoms with E-state index in [1.165, 1.54) is 22.5 Å². The second kappa shape index (κ2) is 9.36. The fourth-order valence-corrected chi connectivity index (χ4v) is 4.43. The molecular weight excluding hydrogens is 442 g/mol. The van der Waals surface area contributed by atoms with E-state index in [2.05, 4.69) is 10.1 Å². The maximum atomic E-state index is 14.0. The summed E-state index contributed by atoms with van der Waals surface area (Å²) in [7, 11) is 3.37. The quantitative estimate of drug-likeness (QED) is 0.442. The number of rotatable bonds is 8. The van der Waals surface area contributed by atoms with Gasteiger partial charge in [-0.1, -0.05) is 6.92 Å². The maximum absolute atomic E-state index is 14.0. The molecule has 0 unspecified atom stereocenters. The molecule has 2 aromatic heterocycles. The van der Waals surface area contributed by atoms with Crippen LogP contribution in [0.5, 0.6) is 0 Å². The predicted molar refractivity (Wildman–Crippen MR) is 127 cm³/mol. The van der Waals surface area contributed by atoms with Gasteiger partial charge in [-0.05, 0) is 43.7 Å². The number of alkyl halides is 2. The van der Waals surface area contributed by atoms with Crippen molar-refractivity contribution >= 4 is 11.4 Å². The summed E-state index contributed by atoms with van der Waals surface area (Å²) in [4.78, 5) is 19.1. The van der Waals surface area contributed by atoms with Crippen LogP contribution in [-0.4, -0.2) is 50.4 Å². The summed E-state index contributed by atoms with van der Waals surface area (Å²) in [5, 5.41) is 5.87. The van der Waals surface area contributed by atoms with Crippen molar-refractivity contribution in [2.75, 3.05) is 25.0 Å². The molecule has 2 fully saturated rings. The monoisotopic (exact) mass is 476 g/mol. The second-order valence-corrected chi connectivity index (χ2v) is 9.43. The average molecular weight is 477 g/mol. The number of aromatic nitrogens is 4. The number of hydrogen-bond donors (Lipinski definition) is 2. The van der Waals surface area contributed by atoms with Gasteiger partial charge in [-0.25, -0.2) is 29.1 Å². The van der Waals surface area contributed by atoms with Crippen molar-refractivity contribution in [3.05, 3.63) is 45.5 Å². The lowest BCUT2D eigenvalue weighted by molar-refractivity contribution is -0.0117. The van der Waals surface area contributed by atoms with Gasteiger partial charge in [-0.3, -0.25) is 4.57 Å². The van der Waals surface area contributed by atoms with Gasteiger partial charge in [-0.15, -0.1) is 0 Å². The Balaban J connectivity index is 1.64. The van der Waals surface area contributed by atoms with Crippen molar-refractivity contribution < 1.29 is 8.78 Å². The number of halogens is 2. The minimum atomic E-state index is -2.70. The van der Waals surface area contributed by atoms with E-state index in [1.807, 2.05) is 6.92 Å². The van der Waals surface area contributed by atoms with Crippen molar-refractivity contribution in [1.82, 2.24) is 24.3 Å². The summed E-state index contributed by atoms with van der Waals surface area (Å²) < 4.78 is 30.9. The van der Waals surface area contributed by atoms with E-state index in [1.54, 1.807) is 35.7 Å². The van der Waals surface area contributed by atoms with Crippen LogP contribution < -0.4 is 22.2 Å². The molecular formula is C23H34F2N8O. The number of nitrogens with zero attached hydrogens (tertiary/aromatic N) is 6. The van der Waals surface area contributed by atoms with Gasteiger partial charge >= 0.3 is 5.69 Å². The number of pyridine rings is 1. The highest BCUT2D eigenvalue weighted by Gasteiger charge is 2.36. The summed E-state index contributed by atoms with van der Waals surface area (Å²) >= 11 is 0. The summed E-state index contributed by atoms with van der Waals surface area (Å²) in [6.45, 7) is 2.29. The maximum Gasteiger partial charge on any atom is 0.346 e. The molecule has 0 aromatic carbocycles. The van der Waals surface area contributed by atoms with E-state index >= 15 is 0 Å². The Labute approximate surface area is 198 Å². The molecule has 0 radical (unpaired) electrons. The van der Waals surface area contributed by atoms with Crippen LogP contribution in [0.15, 0.2) is 22.6 Å². The van der Waals surface area contributed by atoms with Crippen molar-refractivity contribution in [3.63, 3.8) is 0 Å². The zero-order valence-electron chi connectivity index (χ0n) is 20.1. The average Bonchev–Trinajstić information content (AvgIpc) is 3.58. The molecule has 3 heterocycles. The Bertz CT molecular complexity index is 1130. The smallest absolute Gasteiger partial charge is 0.346 e. The first kappa shape index (κ1) is 24.2. The number of nitrogens with two attached hydrogens (primary N) is 2. The van der Waals surface area contributed by atoms with Crippen LogP contribution in [0.25, 0.3) is 5.70 Å². The van der Waals surface area contributed by atoms with Crippen molar-refractivity contribution in [3.8, 4) is 0 Å². The Morgan fingerprint density at radius 3 is 2.68 bits per heavy atom. The molecule has 0 atom stereocenters. The van der Waals surface area contributed by atoms with Gasteiger partial charge in [0.1, 0.15) is 5.82 Å².